The van der Waals surface area contributed by atoms with Gasteiger partial charge in [-0.2, -0.15) is 10.2 Å². The fraction of sp³-hybridized carbons (Fsp3) is 0.786. The lowest BCUT2D eigenvalue weighted by Crippen LogP contribution is -2.34. The van der Waals surface area contributed by atoms with Crippen LogP contribution in [0.4, 0.5) is 0 Å². The van der Waals surface area contributed by atoms with Crippen molar-refractivity contribution >= 4 is 5.91 Å². The molecular formula is C14H26N4O. The Morgan fingerprint density at radius 2 is 2.05 bits per heavy atom. The third-order valence-electron chi connectivity index (χ3n) is 3.79. The summed E-state index contributed by atoms with van der Waals surface area (Å²) in [5.41, 5.74) is 6.57. The third kappa shape index (κ3) is 5.51. The second-order valence-corrected chi connectivity index (χ2v) is 5.07. The Morgan fingerprint density at radius 1 is 1.37 bits per heavy atom. The maximum Gasteiger partial charge on any atom is 0.223 e. The molecule has 0 atom stereocenters. The standard InChI is InChI=1S/C14H26N4O/c1-3-13(18-16-2)8-9-17-14(19)12-6-4-11(10-15)5-7-12/h3,11-12H,4-10,15H2,1-2H3,(H,17,19)/b13-3-,18-16?. The van der Waals surface area contributed by atoms with Gasteiger partial charge in [0.1, 0.15) is 0 Å². The van der Waals surface area contributed by atoms with E-state index in [0.29, 0.717) is 12.5 Å². The van der Waals surface area contributed by atoms with Gasteiger partial charge in [-0.15, -0.1) is 0 Å². The number of carbonyl (C=O) groups is 1. The molecular weight excluding hydrogens is 240 g/mol. The van der Waals surface area contributed by atoms with Crippen LogP contribution in [0.2, 0.25) is 0 Å². The summed E-state index contributed by atoms with van der Waals surface area (Å²) in [5.74, 6) is 0.965. The van der Waals surface area contributed by atoms with E-state index in [0.717, 1.165) is 44.3 Å². The van der Waals surface area contributed by atoms with E-state index in [2.05, 4.69) is 15.5 Å². The SMILES string of the molecule is C/C=C(/CCNC(=O)C1CCC(CN)CC1)N=NC. The van der Waals surface area contributed by atoms with Crippen molar-refractivity contribution in [3.8, 4) is 0 Å². The van der Waals surface area contributed by atoms with Gasteiger partial charge in [0, 0.05) is 25.9 Å². The zero-order valence-electron chi connectivity index (χ0n) is 12.1. The first-order chi connectivity index (χ1) is 9.21. The molecule has 1 aliphatic rings. The van der Waals surface area contributed by atoms with Gasteiger partial charge in [0.05, 0.1) is 5.70 Å². The number of allylic oxidation sites excluding steroid dienone is 1. The van der Waals surface area contributed by atoms with Gasteiger partial charge in [0.2, 0.25) is 5.91 Å². The normalized spacial score (nSPS) is 24.7. The number of hydrogen-bond acceptors (Lipinski definition) is 4. The second kappa shape index (κ2) is 8.80. The molecule has 19 heavy (non-hydrogen) atoms. The lowest BCUT2D eigenvalue weighted by atomic mass is 9.81. The average Bonchev–Trinajstić information content (AvgIpc) is 2.46. The Hall–Kier alpha value is -1.23. The minimum atomic E-state index is 0.171. The van der Waals surface area contributed by atoms with Crippen LogP contribution in [0, 0.1) is 11.8 Å². The summed E-state index contributed by atoms with van der Waals surface area (Å²) in [6.07, 6.45) is 6.76. The highest BCUT2D eigenvalue weighted by molar-refractivity contribution is 5.78. The molecule has 0 saturated heterocycles. The number of carbonyl (C=O) groups excluding carboxylic acids is 1. The Balaban J connectivity index is 2.25. The largest absolute Gasteiger partial charge is 0.355 e. The maximum absolute atomic E-state index is 12.0. The molecule has 1 aliphatic carbocycles. The second-order valence-electron chi connectivity index (χ2n) is 5.07. The van der Waals surface area contributed by atoms with Crippen molar-refractivity contribution in [1.29, 1.82) is 0 Å². The van der Waals surface area contributed by atoms with Crippen LogP contribution in [0.3, 0.4) is 0 Å². The van der Waals surface area contributed by atoms with E-state index >= 15 is 0 Å². The number of hydrogen-bond donors (Lipinski definition) is 2. The molecule has 1 saturated carbocycles. The maximum atomic E-state index is 12.0. The minimum Gasteiger partial charge on any atom is -0.355 e. The zero-order valence-corrected chi connectivity index (χ0v) is 12.1. The van der Waals surface area contributed by atoms with Crippen LogP contribution in [-0.4, -0.2) is 26.0 Å². The summed E-state index contributed by atoms with van der Waals surface area (Å²) in [6, 6.07) is 0. The van der Waals surface area contributed by atoms with Crippen LogP contribution in [0.5, 0.6) is 0 Å². The number of nitrogens with one attached hydrogen (secondary N) is 1. The first-order valence-corrected chi connectivity index (χ1v) is 7.14. The quantitative estimate of drug-likeness (QED) is 0.723. The van der Waals surface area contributed by atoms with E-state index in [1.165, 1.54) is 0 Å². The van der Waals surface area contributed by atoms with Crippen LogP contribution >= 0.6 is 0 Å². The van der Waals surface area contributed by atoms with Crippen molar-refractivity contribution in [2.45, 2.75) is 39.0 Å². The van der Waals surface area contributed by atoms with Crippen LogP contribution in [0.25, 0.3) is 0 Å². The van der Waals surface area contributed by atoms with E-state index in [9.17, 15) is 4.79 Å². The molecule has 5 heteroatoms. The third-order valence-corrected chi connectivity index (χ3v) is 3.79. The summed E-state index contributed by atoms with van der Waals surface area (Å²) in [5, 5.41) is 10.7. The lowest BCUT2D eigenvalue weighted by Gasteiger charge is -2.26. The van der Waals surface area contributed by atoms with Crippen LogP contribution in [0.1, 0.15) is 39.0 Å². The molecule has 108 valence electrons. The highest BCUT2D eigenvalue weighted by Crippen LogP contribution is 2.28. The number of rotatable bonds is 6. The summed E-state index contributed by atoms with van der Waals surface area (Å²) in [7, 11) is 1.65. The number of nitrogens with zero attached hydrogens (tertiary/aromatic N) is 2. The monoisotopic (exact) mass is 266 g/mol. The first-order valence-electron chi connectivity index (χ1n) is 7.14. The van der Waals surface area contributed by atoms with Crippen molar-refractivity contribution < 1.29 is 4.79 Å². The van der Waals surface area contributed by atoms with Crippen molar-refractivity contribution in [2.75, 3.05) is 20.1 Å². The average molecular weight is 266 g/mol. The fourth-order valence-electron chi connectivity index (χ4n) is 2.50. The smallest absolute Gasteiger partial charge is 0.223 e. The summed E-state index contributed by atoms with van der Waals surface area (Å²) in [4.78, 5) is 12.0. The van der Waals surface area contributed by atoms with Crippen molar-refractivity contribution in [3.05, 3.63) is 11.8 Å². The molecule has 3 N–H and O–H groups in total. The minimum absolute atomic E-state index is 0.171. The van der Waals surface area contributed by atoms with E-state index in [1.807, 2.05) is 13.0 Å². The molecule has 0 heterocycles. The van der Waals surface area contributed by atoms with Crippen LogP contribution < -0.4 is 11.1 Å². The predicted molar refractivity (Wildman–Crippen MR) is 76.7 cm³/mol. The van der Waals surface area contributed by atoms with E-state index < -0.39 is 0 Å². The first kappa shape index (κ1) is 15.8. The van der Waals surface area contributed by atoms with E-state index in [1.54, 1.807) is 7.05 Å². The van der Waals surface area contributed by atoms with Gasteiger partial charge < -0.3 is 11.1 Å². The molecule has 0 bridgehead atoms. The van der Waals surface area contributed by atoms with Crippen molar-refractivity contribution in [1.82, 2.24) is 5.32 Å². The zero-order chi connectivity index (χ0) is 14.1. The Morgan fingerprint density at radius 3 is 2.58 bits per heavy atom. The molecule has 5 nitrogen and oxygen atoms in total. The van der Waals surface area contributed by atoms with Gasteiger partial charge in [-0.25, -0.2) is 0 Å². The predicted octanol–water partition coefficient (Wildman–Crippen LogP) is 2.24. The van der Waals surface area contributed by atoms with Crippen molar-refractivity contribution in [3.63, 3.8) is 0 Å². The van der Waals surface area contributed by atoms with Gasteiger partial charge in [0.25, 0.3) is 0 Å². The summed E-state index contributed by atoms with van der Waals surface area (Å²) >= 11 is 0. The Labute approximate surface area is 115 Å². The van der Waals surface area contributed by atoms with Gasteiger partial charge in [0.15, 0.2) is 0 Å². The molecule has 1 amide bonds. The fourth-order valence-corrected chi connectivity index (χ4v) is 2.50. The van der Waals surface area contributed by atoms with Gasteiger partial charge in [-0.3, -0.25) is 4.79 Å². The summed E-state index contributed by atoms with van der Waals surface area (Å²) in [6.45, 7) is 3.31. The molecule has 0 aromatic carbocycles. The van der Waals surface area contributed by atoms with Crippen molar-refractivity contribution in [2.24, 2.45) is 27.8 Å². The molecule has 0 aromatic rings. The summed E-state index contributed by atoms with van der Waals surface area (Å²) < 4.78 is 0. The Bertz CT molecular complexity index is 330. The van der Waals surface area contributed by atoms with Gasteiger partial charge in [-0.05, 0) is 45.1 Å². The number of amides is 1. The molecule has 1 rings (SSSR count). The number of nitrogens with two attached hydrogens (primary N) is 1. The van der Waals surface area contributed by atoms with Crippen LogP contribution in [-0.2, 0) is 4.79 Å². The van der Waals surface area contributed by atoms with Crippen LogP contribution in [0.15, 0.2) is 22.0 Å². The van der Waals surface area contributed by atoms with Gasteiger partial charge in [-0.1, -0.05) is 6.08 Å². The molecule has 0 aromatic heterocycles. The van der Waals surface area contributed by atoms with E-state index in [-0.39, 0.29) is 11.8 Å². The number of azo groups is 1. The molecule has 0 radical (unpaired) electrons. The molecule has 0 spiro atoms. The lowest BCUT2D eigenvalue weighted by molar-refractivity contribution is -0.126. The highest BCUT2D eigenvalue weighted by Gasteiger charge is 2.25. The van der Waals surface area contributed by atoms with E-state index in [4.69, 9.17) is 5.73 Å². The molecule has 0 unspecified atom stereocenters. The molecule has 1 fully saturated rings. The Kier molecular flexibility index (Phi) is 7.33. The highest BCUT2D eigenvalue weighted by atomic mass is 16.1. The topological polar surface area (TPSA) is 79.8 Å². The molecule has 0 aliphatic heterocycles. The van der Waals surface area contributed by atoms with Gasteiger partial charge >= 0.3 is 0 Å².